The molecule has 3 aromatic carbocycles. The average Bonchev–Trinajstić information content (AvgIpc) is 3.13. The third-order valence-corrected chi connectivity index (χ3v) is 7.05. The molecule has 0 bridgehead atoms. The van der Waals surface area contributed by atoms with Gasteiger partial charge in [-0.15, -0.1) is 0 Å². The Balaban J connectivity index is 1.53. The number of hydrogen-bond donors (Lipinski definition) is 0. The van der Waals surface area contributed by atoms with Gasteiger partial charge in [-0.2, -0.15) is 0 Å². The molecule has 4 rings (SSSR count). The third-order valence-electron chi connectivity index (χ3n) is 5.16. The van der Waals surface area contributed by atoms with Crippen LogP contribution in [0.4, 0.5) is 5.69 Å². The Kier molecular flexibility index (Phi) is 8.80. The first-order valence-electron chi connectivity index (χ1n) is 11.2. The Morgan fingerprint density at radius 2 is 1.67 bits per heavy atom. The van der Waals surface area contributed by atoms with E-state index in [9.17, 15) is 4.79 Å². The summed E-state index contributed by atoms with van der Waals surface area (Å²) in [7, 11) is 0. The minimum atomic E-state index is -0.176. The molecule has 1 amide bonds. The van der Waals surface area contributed by atoms with Crippen molar-refractivity contribution in [3.05, 3.63) is 86.7 Å². The molecule has 0 unspecified atom stereocenters. The fourth-order valence-corrected chi connectivity index (χ4v) is 5.26. The second-order valence-electron chi connectivity index (χ2n) is 7.61. The van der Waals surface area contributed by atoms with E-state index < -0.39 is 0 Å². The number of thioether (sulfide) groups is 1. The molecule has 0 radical (unpaired) electrons. The highest BCUT2D eigenvalue weighted by Gasteiger charge is 2.33. The number of anilines is 1. The average molecular weight is 561 g/mol. The summed E-state index contributed by atoms with van der Waals surface area (Å²) in [5.41, 5.74) is 2.30. The first kappa shape index (κ1) is 26.4. The van der Waals surface area contributed by atoms with Crippen LogP contribution in [0.5, 0.6) is 17.2 Å². The van der Waals surface area contributed by atoms with Gasteiger partial charge in [0.2, 0.25) is 0 Å². The van der Waals surface area contributed by atoms with E-state index in [2.05, 4.69) is 0 Å². The third kappa shape index (κ3) is 6.16. The van der Waals surface area contributed by atoms with E-state index >= 15 is 0 Å². The smallest absolute Gasteiger partial charge is 0.270 e. The van der Waals surface area contributed by atoms with Crippen molar-refractivity contribution >= 4 is 69.2 Å². The summed E-state index contributed by atoms with van der Waals surface area (Å²) in [4.78, 5) is 15.2. The molecule has 0 aliphatic carbocycles. The van der Waals surface area contributed by atoms with Crippen LogP contribution in [0.15, 0.2) is 65.6 Å². The molecule has 1 saturated heterocycles. The summed E-state index contributed by atoms with van der Waals surface area (Å²) in [5, 5.41) is 1.10. The lowest BCUT2D eigenvalue weighted by Gasteiger charge is -2.15. The zero-order chi connectivity index (χ0) is 25.7. The molecule has 186 valence electrons. The summed E-state index contributed by atoms with van der Waals surface area (Å²) < 4.78 is 17.7. The number of rotatable bonds is 9. The molecule has 36 heavy (non-hydrogen) atoms. The van der Waals surface area contributed by atoms with Gasteiger partial charge in [0.1, 0.15) is 12.4 Å². The molecule has 1 fully saturated rings. The summed E-state index contributed by atoms with van der Waals surface area (Å²) in [5.74, 6) is 1.71. The highest BCUT2D eigenvalue weighted by Crippen LogP contribution is 2.38. The summed E-state index contributed by atoms with van der Waals surface area (Å²) >= 11 is 19.0. The first-order valence-corrected chi connectivity index (χ1v) is 13.2. The maximum atomic E-state index is 13.2. The van der Waals surface area contributed by atoms with Crippen molar-refractivity contribution in [1.29, 1.82) is 0 Å². The zero-order valence-electron chi connectivity index (χ0n) is 19.6. The predicted molar refractivity (Wildman–Crippen MR) is 152 cm³/mol. The highest BCUT2D eigenvalue weighted by molar-refractivity contribution is 8.27. The van der Waals surface area contributed by atoms with Crippen molar-refractivity contribution in [3.8, 4) is 17.2 Å². The topological polar surface area (TPSA) is 48.0 Å². The molecule has 0 N–H and O–H groups in total. The molecule has 1 aliphatic heterocycles. The summed E-state index contributed by atoms with van der Waals surface area (Å²) in [6.07, 6.45) is 1.80. The number of thiocarbonyl (C=S) groups is 1. The molecule has 0 aromatic heterocycles. The number of halogens is 2. The Morgan fingerprint density at radius 3 is 2.36 bits per heavy atom. The van der Waals surface area contributed by atoms with Crippen LogP contribution in [-0.4, -0.2) is 23.4 Å². The van der Waals surface area contributed by atoms with Gasteiger partial charge >= 0.3 is 0 Å². The lowest BCUT2D eigenvalue weighted by molar-refractivity contribution is -0.113. The molecule has 5 nitrogen and oxygen atoms in total. The van der Waals surface area contributed by atoms with Crippen molar-refractivity contribution in [2.45, 2.75) is 20.5 Å². The Bertz CT molecular complexity index is 1310. The second-order valence-corrected chi connectivity index (χ2v) is 10.1. The monoisotopic (exact) mass is 559 g/mol. The van der Waals surface area contributed by atoms with Gasteiger partial charge in [0, 0.05) is 15.6 Å². The van der Waals surface area contributed by atoms with Gasteiger partial charge in [0.25, 0.3) is 5.91 Å². The largest absolute Gasteiger partial charge is 0.494 e. The van der Waals surface area contributed by atoms with E-state index in [1.807, 2.05) is 62.4 Å². The minimum absolute atomic E-state index is 0.176. The van der Waals surface area contributed by atoms with Crippen LogP contribution in [0, 0.1) is 0 Å². The SMILES string of the molecule is CCOc1ccc(N2C(=O)/C(=C\c3ccc(OCc4ccc(Cl)cc4Cl)c(OCC)c3)SC2=S)cc1. The summed E-state index contributed by atoms with van der Waals surface area (Å²) in [6, 6.07) is 18.1. The van der Waals surface area contributed by atoms with Crippen molar-refractivity contribution in [1.82, 2.24) is 0 Å². The van der Waals surface area contributed by atoms with Gasteiger partial charge in [-0.1, -0.05) is 59.3 Å². The molecule has 0 atom stereocenters. The normalized spacial score (nSPS) is 14.4. The molecular formula is C27H23Cl2NO4S2. The minimum Gasteiger partial charge on any atom is -0.494 e. The van der Waals surface area contributed by atoms with E-state index in [1.54, 1.807) is 18.2 Å². The van der Waals surface area contributed by atoms with E-state index in [0.29, 0.717) is 49.7 Å². The Morgan fingerprint density at radius 1 is 0.917 bits per heavy atom. The van der Waals surface area contributed by atoms with Gasteiger partial charge in [-0.3, -0.25) is 9.69 Å². The fraction of sp³-hybridized carbons (Fsp3) is 0.185. The molecule has 9 heteroatoms. The van der Waals surface area contributed by atoms with Crippen LogP contribution in [-0.2, 0) is 11.4 Å². The van der Waals surface area contributed by atoms with Crippen LogP contribution in [0.25, 0.3) is 6.08 Å². The van der Waals surface area contributed by atoms with Gasteiger partial charge in [0.15, 0.2) is 15.8 Å². The standard InChI is InChI=1S/C27H23Cl2NO4S2/c1-3-32-21-10-8-20(9-11-21)30-26(31)25(36-27(30)35)14-17-5-12-23(24(13-17)33-4-2)34-16-18-6-7-19(28)15-22(18)29/h5-15H,3-4,16H2,1-2H3/b25-14+. The fourth-order valence-electron chi connectivity index (χ4n) is 3.50. The number of nitrogens with zero attached hydrogens (tertiary/aromatic N) is 1. The Labute approximate surface area is 229 Å². The van der Waals surface area contributed by atoms with Crippen LogP contribution in [0.2, 0.25) is 10.0 Å². The van der Waals surface area contributed by atoms with E-state index in [-0.39, 0.29) is 12.5 Å². The second kappa shape index (κ2) is 12.0. The first-order chi connectivity index (χ1) is 17.4. The van der Waals surface area contributed by atoms with E-state index in [1.165, 1.54) is 16.7 Å². The van der Waals surface area contributed by atoms with Crippen molar-refractivity contribution in [2.75, 3.05) is 18.1 Å². The van der Waals surface area contributed by atoms with Crippen LogP contribution >= 0.6 is 47.2 Å². The summed E-state index contributed by atoms with van der Waals surface area (Å²) in [6.45, 7) is 5.11. The molecule has 0 spiro atoms. The number of carbonyl (C=O) groups excluding carboxylic acids is 1. The van der Waals surface area contributed by atoms with Crippen LogP contribution < -0.4 is 19.1 Å². The molecule has 1 aliphatic rings. The molecule has 0 saturated carbocycles. The number of ether oxygens (including phenoxy) is 3. The van der Waals surface area contributed by atoms with Gasteiger partial charge in [-0.05, 0) is 74.0 Å². The molecule has 1 heterocycles. The van der Waals surface area contributed by atoms with Crippen molar-refractivity contribution in [3.63, 3.8) is 0 Å². The van der Waals surface area contributed by atoms with Crippen molar-refractivity contribution < 1.29 is 19.0 Å². The van der Waals surface area contributed by atoms with E-state index in [4.69, 9.17) is 49.6 Å². The van der Waals surface area contributed by atoms with Crippen LogP contribution in [0.3, 0.4) is 0 Å². The number of benzene rings is 3. The number of hydrogen-bond acceptors (Lipinski definition) is 6. The predicted octanol–water partition coefficient (Wildman–Crippen LogP) is 7.78. The Hall–Kier alpha value is -2.71. The zero-order valence-corrected chi connectivity index (χ0v) is 22.8. The number of amides is 1. The van der Waals surface area contributed by atoms with Crippen LogP contribution in [0.1, 0.15) is 25.0 Å². The maximum Gasteiger partial charge on any atom is 0.270 e. The number of carbonyl (C=O) groups is 1. The lowest BCUT2D eigenvalue weighted by Crippen LogP contribution is -2.27. The highest BCUT2D eigenvalue weighted by atomic mass is 35.5. The maximum absolute atomic E-state index is 13.2. The quantitative estimate of drug-likeness (QED) is 0.197. The van der Waals surface area contributed by atoms with Gasteiger partial charge in [0.05, 0.1) is 23.8 Å². The van der Waals surface area contributed by atoms with Gasteiger partial charge < -0.3 is 14.2 Å². The molecular weight excluding hydrogens is 537 g/mol. The van der Waals surface area contributed by atoms with E-state index in [0.717, 1.165) is 16.9 Å². The van der Waals surface area contributed by atoms with Crippen molar-refractivity contribution in [2.24, 2.45) is 0 Å². The molecule has 3 aromatic rings. The lowest BCUT2D eigenvalue weighted by atomic mass is 10.1. The van der Waals surface area contributed by atoms with Gasteiger partial charge in [-0.25, -0.2) is 0 Å².